The molecule has 0 heterocycles. The Kier molecular flexibility index (Phi) is 6.99. The van der Waals surface area contributed by atoms with Crippen molar-refractivity contribution < 1.29 is 4.74 Å². The molecule has 1 aromatic rings. The summed E-state index contributed by atoms with van der Waals surface area (Å²) < 4.78 is 6.10. The minimum absolute atomic E-state index is 0.163. The Hall–Kier alpha value is -0.860. The molecule has 18 heavy (non-hydrogen) atoms. The van der Waals surface area contributed by atoms with Gasteiger partial charge in [0, 0.05) is 6.54 Å². The molecule has 0 bridgehead atoms. The van der Waals surface area contributed by atoms with Gasteiger partial charge in [0.1, 0.15) is 0 Å². The van der Waals surface area contributed by atoms with Gasteiger partial charge in [0.25, 0.3) is 0 Å². The van der Waals surface area contributed by atoms with Crippen molar-refractivity contribution in [2.45, 2.75) is 39.7 Å². The van der Waals surface area contributed by atoms with Crippen molar-refractivity contribution in [3.05, 3.63) is 35.4 Å². The van der Waals surface area contributed by atoms with Gasteiger partial charge in [0.15, 0.2) is 0 Å². The molecule has 0 aliphatic carbocycles. The van der Waals surface area contributed by atoms with Crippen LogP contribution in [0.3, 0.4) is 0 Å². The molecule has 0 saturated carbocycles. The molecule has 0 radical (unpaired) electrons. The lowest BCUT2D eigenvalue weighted by Crippen LogP contribution is -2.22. The fourth-order valence-corrected chi connectivity index (χ4v) is 2.25. The molecule has 0 saturated heterocycles. The van der Waals surface area contributed by atoms with Gasteiger partial charge in [-0.25, -0.2) is 0 Å². The molecular weight excluding hydrogens is 222 g/mol. The third-order valence-corrected chi connectivity index (χ3v) is 3.29. The quantitative estimate of drug-likeness (QED) is 0.758. The van der Waals surface area contributed by atoms with Crippen molar-refractivity contribution in [1.29, 1.82) is 0 Å². The summed E-state index contributed by atoms with van der Waals surface area (Å²) in [6, 6.07) is 8.48. The first-order chi connectivity index (χ1) is 8.69. The molecule has 2 atom stereocenters. The van der Waals surface area contributed by atoms with Crippen molar-refractivity contribution in [3.63, 3.8) is 0 Å². The lowest BCUT2D eigenvalue weighted by Gasteiger charge is -2.22. The molecule has 0 amide bonds. The van der Waals surface area contributed by atoms with Crippen LogP contribution in [0.25, 0.3) is 0 Å². The molecule has 1 aromatic carbocycles. The molecule has 102 valence electrons. The highest BCUT2D eigenvalue weighted by Crippen LogP contribution is 2.21. The Morgan fingerprint density at radius 1 is 1.28 bits per heavy atom. The fourth-order valence-electron chi connectivity index (χ4n) is 2.25. The second-order valence-electron chi connectivity index (χ2n) is 5.13. The summed E-state index contributed by atoms with van der Waals surface area (Å²) >= 11 is 0. The summed E-state index contributed by atoms with van der Waals surface area (Å²) in [7, 11) is 1.98. The number of aryl methyl sites for hydroxylation is 1. The zero-order valence-electron chi connectivity index (χ0n) is 12.2. The Balaban J connectivity index is 2.62. The molecule has 0 aliphatic heterocycles. The van der Waals surface area contributed by atoms with Gasteiger partial charge in [0.05, 0.1) is 12.7 Å². The summed E-state index contributed by atoms with van der Waals surface area (Å²) in [6.45, 7) is 8.34. The van der Waals surface area contributed by atoms with Crippen LogP contribution >= 0.6 is 0 Å². The molecule has 0 spiro atoms. The minimum atomic E-state index is 0.163. The van der Waals surface area contributed by atoms with Crippen LogP contribution in [-0.2, 0) is 4.74 Å². The predicted octanol–water partition coefficient (Wildman–Crippen LogP) is 3.71. The summed E-state index contributed by atoms with van der Waals surface area (Å²) in [5, 5.41) is 3.22. The molecule has 2 heteroatoms. The van der Waals surface area contributed by atoms with E-state index in [2.05, 4.69) is 50.4 Å². The van der Waals surface area contributed by atoms with Crippen LogP contribution in [0.5, 0.6) is 0 Å². The molecule has 1 rings (SSSR count). The number of hydrogen-bond acceptors (Lipinski definition) is 2. The molecular formula is C16H27NO. The predicted molar refractivity (Wildman–Crippen MR) is 77.9 cm³/mol. The van der Waals surface area contributed by atoms with E-state index >= 15 is 0 Å². The molecule has 0 fully saturated rings. The lowest BCUT2D eigenvalue weighted by atomic mass is 10.0. The maximum Gasteiger partial charge on any atom is 0.0951 e. The number of hydrogen-bond donors (Lipinski definition) is 1. The number of nitrogens with one attached hydrogen (secondary N) is 1. The Labute approximate surface area is 112 Å². The van der Waals surface area contributed by atoms with E-state index < -0.39 is 0 Å². The van der Waals surface area contributed by atoms with E-state index in [1.165, 1.54) is 24.0 Å². The van der Waals surface area contributed by atoms with Gasteiger partial charge in [-0.05, 0) is 37.4 Å². The van der Waals surface area contributed by atoms with Crippen LogP contribution in [-0.4, -0.2) is 20.2 Å². The topological polar surface area (TPSA) is 21.3 Å². The highest BCUT2D eigenvalue weighted by molar-refractivity contribution is 5.28. The highest BCUT2D eigenvalue weighted by atomic mass is 16.5. The van der Waals surface area contributed by atoms with Gasteiger partial charge in [-0.3, -0.25) is 0 Å². The Bertz CT molecular complexity index is 338. The highest BCUT2D eigenvalue weighted by Gasteiger charge is 2.14. The van der Waals surface area contributed by atoms with E-state index in [4.69, 9.17) is 4.74 Å². The number of rotatable bonds is 8. The first-order valence-electron chi connectivity index (χ1n) is 7.00. The zero-order valence-corrected chi connectivity index (χ0v) is 12.2. The summed E-state index contributed by atoms with van der Waals surface area (Å²) in [6.07, 6.45) is 2.63. The lowest BCUT2D eigenvalue weighted by molar-refractivity contribution is 0.0307. The molecule has 1 N–H and O–H groups in total. The smallest absolute Gasteiger partial charge is 0.0951 e. The van der Waals surface area contributed by atoms with Gasteiger partial charge in [-0.15, -0.1) is 0 Å². The maximum atomic E-state index is 6.10. The van der Waals surface area contributed by atoms with E-state index in [1.54, 1.807) is 0 Å². The first kappa shape index (κ1) is 15.2. The largest absolute Gasteiger partial charge is 0.372 e. The van der Waals surface area contributed by atoms with Gasteiger partial charge >= 0.3 is 0 Å². The monoisotopic (exact) mass is 249 g/mol. The standard InChI is InChI=1S/C16H27NO/c1-5-8-13(2)12-18-16(11-17-4)15-10-7-6-9-14(15)3/h6-7,9-10,13,16-17H,5,8,11-12H2,1-4H3. The van der Waals surface area contributed by atoms with Crippen LogP contribution < -0.4 is 5.32 Å². The van der Waals surface area contributed by atoms with Crippen molar-refractivity contribution in [2.75, 3.05) is 20.2 Å². The average molecular weight is 249 g/mol. The van der Waals surface area contributed by atoms with Crippen LogP contribution in [0.1, 0.15) is 43.9 Å². The van der Waals surface area contributed by atoms with Crippen LogP contribution in [0.4, 0.5) is 0 Å². The number of ether oxygens (including phenoxy) is 1. The van der Waals surface area contributed by atoms with Crippen molar-refractivity contribution in [1.82, 2.24) is 5.32 Å². The second-order valence-corrected chi connectivity index (χ2v) is 5.13. The van der Waals surface area contributed by atoms with Gasteiger partial charge in [-0.2, -0.15) is 0 Å². The summed E-state index contributed by atoms with van der Waals surface area (Å²) in [4.78, 5) is 0. The van der Waals surface area contributed by atoms with Crippen molar-refractivity contribution in [2.24, 2.45) is 5.92 Å². The third-order valence-electron chi connectivity index (χ3n) is 3.29. The van der Waals surface area contributed by atoms with Crippen molar-refractivity contribution in [3.8, 4) is 0 Å². The zero-order chi connectivity index (χ0) is 13.4. The Morgan fingerprint density at radius 2 is 2.00 bits per heavy atom. The molecule has 2 unspecified atom stereocenters. The molecule has 2 nitrogen and oxygen atoms in total. The van der Waals surface area contributed by atoms with E-state index in [1.807, 2.05) is 7.05 Å². The maximum absolute atomic E-state index is 6.10. The molecule has 0 aliphatic rings. The van der Waals surface area contributed by atoms with Gasteiger partial charge in [-0.1, -0.05) is 44.5 Å². The van der Waals surface area contributed by atoms with Crippen LogP contribution in [0.2, 0.25) is 0 Å². The normalized spacial score (nSPS) is 14.4. The van der Waals surface area contributed by atoms with Gasteiger partial charge < -0.3 is 10.1 Å². The van der Waals surface area contributed by atoms with E-state index in [9.17, 15) is 0 Å². The summed E-state index contributed by atoms with van der Waals surface area (Å²) in [5.41, 5.74) is 2.61. The minimum Gasteiger partial charge on any atom is -0.372 e. The molecule has 0 aromatic heterocycles. The van der Waals surface area contributed by atoms with E-state index in [-0.39, 0.29) is 6.10 Å². The van der Waals surface area contributed by atoms with E-state index in [0.29, 0.717) is 5.92 Å². The third kappa shape index (κ3) is 4.79. The first-order valence-corrected chi connectivity index (χ1v) is 7.00. The fraction of sp³-hybridized carbons (Fsp3) is 0.625. The van der Waals surface area contributed by atoms with Crippen molar-refractivity contribution >= 4 is 0 Å². The van der Waals surface area contributed by atoms with E-state index in [0.717, 1.165) is 13.2 Å². The number of benzene rings is 1. The SMILES string of the molecule is CCCC(C)COC(CNC)c1ccccc1C. The van der Waals surface area contributed by atoms with Crippen LogP contribution in [0, 0.1) is 12.8 Å². The Morgan fingerprint density at radius 3 is 2.61 bits per heavy atom. The number of likely N-dealkylation sites (N-methyl/N-ethyl adjacent to an activating group) is 1. The average Bonchev–Trinajstić information content (AvgIpc) is 2.36. The summed E-state index contributed by atoms with van der Waals surface area (Å²) in [5.74, 6) is 0.637. The van der Waals surface area contributed by atoms with Gasteiger partial charge in [0.2, 0.25) is 0 Å². The van der Waals surface area contributed by atoms with Crippen LogP contribution in [0.15, 0.2) is 24.3 Å². The second kappa shape index (κ2) is 8.28.